The summed E-state index contributed by atoms with van der Waals surface area (Å²) in [6.45, 7) is 1.66. The highest BCUT2D eigenvalue weighted by atomic mass is 16.4. The van der Waals surface area contributed by atoms with E-state index in [0.717, 1.165) is 19.4 Å². The summed E-state index contributed by atoms with van der Waals surface area (Å²) >= 11 is 0. The van der Waals surface area contributed by atoms with E-state index in [0.29, 0.717) is 12.6 Å². The Morgan fingerprint density at radius 1 is 1.14 bits per heavy atom. The van der Waals surface area contributed by atoms with Crippen LogP contribution in [0, 0.1) is 11.3 Å². The molecule has 1 aliphatic carbocycles. The molecule has 0 aromatic rings. The summed E-state index contributed by atoms with van der Waals surface area (Å²) in [5, 5.41) is 12.0. The van der Waals surface area contributed by atoms with Crippen molar-refractivity contribution in [2.45, 2.75) is 70.3 Å². The molecule has 0 bridgehead atoms. The van der Waals surface area contributed by atoms with Crippen LogP contribution >= 0.6 is 0 Å². The number of carbonyl (C=O) groups is 1. The molecule has 2 fully saturated rings. The molecule has 4 heteroatoms. The van der Waals surface area contributed by atoms with E-state index in [-0.39, 0.29) is 5.92 Å². The fourth-order valence-corrected chi connectivity index (χ4v) is 4.13. The summed E-state index contributed by atoms with van der Waals surface area (Å²) in [6, 6.07) is 0.615. The average Bonchev–Trinajstić information content (AvgIpc) is 3.04. The van der Waals surface area contributed by atoms with Crippen LogP contribution in [0.2, 0.25) is 0 Å². The fraction of sp³-hybridized carbons (Fsp3) is 0.833. The molecule has 0 amide bonds. The minimum Gasteiger partial charge on any atom is -0.481 e. The van der Waals surface area contributed by atoms with E-state index in [2.05, 4.69) is 22.6 Å². The van der Waals surface area contributed by atoms with Gasteiger partial charge in [-0.05, 0) is 44.4 Å². The Morgan fingerprint density at radius 2 is 1.91 bits per heavy atom. The van der Waals surface area contributed by atoms with Crippen LogP contribution in [0.1, 0.15) is 64.2 Å². The third-order valence-electron chi connectivity index (χ3n) is 5.81. The Kier molecular flexibility index (Phi) is 5.19. The van der Waals surface area contributed by atoms with Gasteiger partial charge in [0.05, 0.1) is 5.41 Å². The number of carboxylic acid groups (broad SMARTS) is 1. The molecular formula is C18H30N2O2. The Labute approximate surface area is 133 Å². The molecule has 124 valence electrons. The minimum absolute atomic E-state index is 0.226. The van der Waals surface area contributed by atoms with Crippen molar-refractivity contribution in [3.8, 4) is 0 Å². The zero-order valence-electron chi connectivity index (χ0n) is 13.6. The molecule has 1 saturated carbocycles. The third kappa shape index (κ3) is 3.54. The van der Waals surface area contributed by atoms with Crippen molar-refractivity contribution in [3.63, 3.8) is 0 Å². The van der Waals surface area contributed by atoms with E-state index in [1.54, 1.807) is 0 Å². The highest BCUT2D eigenvalue weighted by Crippen LogP contribution is 2.53. The van der Waals surface area contributed by atoms with Crippen LogP contribution in [-0.2, 0) is 4.79 Å². The summed E-state index contributed by atoms with van der Waals surface area (Å²) in [4.78, 5) is 11.7. The standard InChI is InChI=1S/C18H30N2O2/c21-17(22)18-13-15(18)9-6-4-2-1-3-5-7-10-16-11-8-12-20(16)19-14-18/h6,9,15-16,19H,1-5,7-8,10-14H2,(H,21,22)/b9-6+. The number of carboxylic acids is 1. The van der Waals surface area contributed by atoms with Crippen molar-refractivity contribution in [2.24, 2.45) is 11.3 Å². The van der Waals surface area contributed by atoms with Crippen LogP contribution in [0.5, 0.6) is 0 Å². The number of hydrogen-bond acceptors (Lipinski definition) is 3. The van der Waals surface area contributed by atoms with Crippen molar-refractivity contribution in [3.05, 3.63) is 12.2 Å². The van der Waals surface area contributed by atoms with Gasteiger partial charge in [0.2, 0.25) is 0 Å². The second-order valence-electron chi connectivity index (χ2n) is 7.37. The van der Waals surface area contributed by atoms with Crippen LogP contribution in [0.15, 0.2) is 12.2 Å². The smallest absolute Gasteiger partial charge is 0.311 e. The largest absolute Gasteiger partial charge is 0.481 e. The second kappa shape index (κ2) is 7.14. The van der Waals surface area contributed by atoms with Crippen LogP contribution in [0.3, 0.4) is 0 Å². The zero-order chi connectivity index (χ0) is 15.4. The molecule has 22 heavy (non-hydrogen) atoms. The van der Waals surface area contributed by atoms with Gasteiger partial charge >= 0.3 is 5.97 Å². The first-order valence-electron chi connectivity index (χ1n) is 9.12. The van der Waals surface area contributed by atoms with Crippen LogP contribution in [0.4, 0.5) is 0 Å². The molecule has 3 atom stereocenters. The van der Waals surface area contributed by atoms with Crippen LogP contribution in [-0.4, -0.2) is 35.2 Å². The lowest BCUT2D eigenvalue weighted by atomic mass is 10.0. The third-order valence-corrected chi connectivity index (χ3v) is 5.81. The van der Waals surface area contributed by atoms with Gasteiger partial charge in [-0.15, -0.1) is 0 Å². The second-order valence-corrected chi connectivity index (χ2v) is 7.37. The molecule has 3 rings (SSSR count). The van der Waals surface area contributed by atoms with E-state index in [1.165, 1.54) is 51.4 Å². The monoisotopic (exact) mass is 306 g/mol. The van der Waals surface area contributed by atoms with Gasteiger partial charge in [0.1, 0.15) is 0 Å². The molecule has 1 saturated heterocycles. The van der Waals surface area contributed by atoms with E-state index < -0.39 is 11.4 Å². The van der Waals surface area contributed by atoms with Gasteiger partial charge in [-0.2, -0.15) is 0 Å². The van der Waals surface area contributed by atoms with Crippen molar-refractivity contribution >= 4 is 5.97 Å². The van der Waals surface area contributed by atoms with Crippen LogP contribution < -0.4 is 5.43 Å². The number of nitrogens with zero attached hydrogens (tertiary/aromatic N) is 1. The maximum Gasteiger partial charge on any atom is 0.311 e. The Balaban J connectivity index is 1.64. The first kappa shape index (κ1) is 16.0. The van der Waals surface area contributed by atoms with Gasteiger partial charge in [0.25, 0.3) is 0 Å². The van der Waals surface area contributed by atoms with E-state index >= 15 is 0 Å². The lowest BCUT2D eigenvalue weighted by Crippen LogP contribution is -2.46. The van der Waals surface area contributed by atoms with Gasteiger partial charge in [0.15, 0.2) is 0 Å². The molecule has 2 N–H and O–H groups in total. The minimum atomic E-state index is -0.630. The van der Waals surface area contributed by atoms with Gasteiger partial charge in [-0.25, -0.2) is 5.01 Å². The number of hydrazine groups is 1. The van der Waals surface area contributed by atoms with Crippen molar-refractivity contribution in [1.29, 1.82) is 0 Å². The Bertz CT molecular complexity index is 423. The zero-order valence-corrected chi connectivity index (χ0v) is 13.6. The van der Waals surface area contributed by atoms with Crippen LogP contribution in [0.25, 0.3) is 0 Å². The molecule has 3 unspecified atom stereocenters. The molecule has 0 aromatic carbocycles. The maximum atomic E-state index is 11.7. The summed E-state index contributed by atoms with van der Waals surface area (Å²) < 4.78 is 0. The molecular weight excluding hydrogens is 276 g/mol. The predicted octanol–water partition coefficient (Wildman–Crippen LogP) is 3.35. The van der Waals surface area contributed by atoms with Gasteiger partial charge in [-0.1, -0.05) is 37.8 Å². The van der Waals surface area contributed by atoms with Crippen molar-refractivity contribution in [2.75, 3.05) is 13.1 Å². The van der Waals surface area contributed by atoms with E-state index in [4.69, 9.17) is 0 Å². The van der Waals surface area contributed by atoms with Gasteiger partial charge < -0.3 is 5.11 Å². The molecule has 2 heterocycles. The normalized spacial score (nSPS) is 39.1. The molecule has 0 radical (unpaired) electrons. The molecule has 4 nitrogen and oxygen atoms in total. The molecule has 0 aromatic heterocycles. The lowest BCUT2D eigenvalue weighted by Gasteiger charge is -2.27. The number of nitrogens with one attached hydrogen (secondary N) is 1. The van der Waals surface area contributed by atoms with E-state index in [1.807, 2.05) is 0 Å². The topological polar surface area (TPSA) is 52.6 Å². The quantitative estimate of drug-likeness (QED) is 0.730. The number of rotatable bonds is 1. The fourth-order valence-electron chi connectivity index (χ4n) is 4.13. The summed E-state index contributed by atoms with van der Waals surface area (Å²) in [5.74, 6) is -0.404. The van der Waals surface area contributed by atoms with Gasteiger partial charge in [-0.3, -0.25) is 10.2 Å². The van der Waals surface area contributed by atoms with Crippen molar-refractivity contribution < 1.29 is 9.90 Å². The first-order valence-corrected chi connectivity index (χ1v) is 9.12. The van der Waals surface area contributed by atoms with E-state index in [9.17, 15) is 9.90 Å². The SMILES string of the molecule is O=C(O)C12CNN3CCCC3CCCCCCC/C=C/C1C2. The van der Waals surface area contributed by atoms with Crippen molar-refractivity contribution in [1.82, 2.24) is 10.4 Å². The summed E-state index contributed by atoms with van der Waals surface area (Å²) in [6.07, 6.45) is 16.6. The number of fused-ring (bicyclic) bond motifs is 2. The summed E-state index contributed by atoms with van der Waals surface area (Å²) in [5.41, 5.74) is 2.93. The Morgan fingerprint density at radius 3 is 2.77 bits per heavy atom. The number of aliphatic carboxylic acids is 1. The summed E-state index contributed by atoms with van der Waals surface area (Å²) in [7, 11) is 0. The Hall–Kier alpha value is -0.870. The average molecular weight is 306 g/mol. The first-order chi connectivity index (χ1) is 10.7. The predicted molar refractivity (Wildman–Crippen MR) is 87.4 cm³/mol. The van der Waals surface area contributed by atoms with Gasteiger partial charge in [0, 0.05) is 19.1 Å². The highest BCUT2D eigenvalue weighted by molar-refractivity contribution is 5.79. The molecule has 0 spiro atoms. The number of hydrogen-bond donors (Lipinski definition) is 2. The lowest BCUT2D eigenvalue weighted by molar-refractivity contribution is -0.144. The molecule has 2 aliphatic heterocycles. The number of allylic oxidation sites excluding steroid dienone is 2. The molecule has 3 aliphatic rings. The highest BCUT2D eigenvalue weighted by Gasteiger charge is 2.59. The maximum absolute atomic E-state index is 11.7.